The molecule has 0 aliphatic carbocycles. The summed E-state index contributed by atoms with van der Waals surface area (Å²) in [6.45, 7) is 7.41. The minimum atomic E-state index is -0.0900. The quantitative estimate of drug-likeness (QED) is 0.875. The lowest BCUT2D eigenvalue weighted by atomic mass is 10.1. The number of hydrogen-bond donors (Lipinski definition) is 1. The van der Waals surface area contributed by atoms with Gasteiger partial charge in [-0.1, -0.05) is 12.1 Å². The van der Waals surface area contributed by atoms with Crippen LogP contribution >= 0.6 is 11.3 Å². The van der Waals surface area contributed by atoms with Gasteiger partial charge in [0.15, 0.2) is 0 Å². The van der Waals surface area contributed by atoms with E-state index in [2.05, 4.69) is 23.7 Å². The van der Waals surface area contributed by atoms with Crippen LogP contribution in [-0.2, 0) is 13.1 Å². The van der Waals surface area contributed by atoms with E-state index in [0.717, 1.165) is 29.8 Å². The number of thiophene rings is 1. The zero-order valence-corrected chi connectivity index (χ0v) is 11.8. The molecule has 0 unspecified atom stereocenters. The summed E-state index contributed by atoms with van der Waals surface area (Å²) in [7, 11) is 0. The molecule has 0 saturated heterocycles. The second-order valence-corrected chi connectivity index (χ2v) is 5.67. The van der Waals surface area contributed by atoms with Gasteiger partial charge in [0.05, 0.1) is 0 Å². The second-order valence-electron chi connectivity index (χ2n) is 4.67. The lowest BCUT2D eigenvalue weighted by Gasteiger charge is -2.08. The predicted molar refractivity (Wildman–Crippen MR) is 75.5 cm³/mol. The lowest BCUT2D eigenvalue weighted by Crippen LogP contribution is -2.13. The molecule has 18 heavy (non-hydrogen) atoms. The summed E-state index contributed by atoms with van der Waals surface area (Å²) >= 11 is 1.77. The summed E-state index contributed by atoms with van der Waals surface area (Å²) in [6.07, 6.45) is 0. The maximum atomic E-state index is 13.5. The van der Waals surface area contributed by atoms with Crippen LogP contribution < -0.4 is 5.32 Å². The molecule has 0 radical (unpaired) electrons. The highest BCUT2D eigenvalue weighted by Gasteiger charge is 2.04. The average Bonchev–Trinajstić information content (AvgIpc) is 2.72. The molecule has 0 amide bonds. The van der Waals surface area contributed by atoms with Gasteiger partial charge in [0.2, 0.25) is 0 Å². The van der Waals surface area contributed by atoms with Gasteiger partial charge in [-0.3, -0.25) is 0 Å². The van der Waals surface area contributed by atoms with Crippen molar-refractivity contribution in [3.8, 4) is 0 Å². The Balaban J connectivity index is 1.97. The summed E-state index contributed by atoms with van der Waals surface area (Å²) in [6, 6.07) is 5.96. The highest BCUT2D eigenvalue weighted by atomic mass is 32.1. The van der Waals surface area contributed by atoms with Crippen LogP contribution in [0.25, 0.3) is 0 Å². The van der Waals surface area contributed by atoms with Crippen LogP contribution in [0.3, 0.4) is 0 Å². The molecule has 2 rings (SSSR count). The fraction of sp³-hybridized carbons (Fsp3) is 0.333. The third-order valence-corrected chi connectivity index (χ3v) is 4.10. The molecule has 1 N–H and O–H groups in total. The van der Waals surface area contributed by atoms with Gasteiger partial charge >= 0.3 is 0 Å². The van der Waals surface area contributed by atoms with Crippen molar-refractivity contribution >= 4 is 11.3 Å². The Morgan fingerprint density at radius 1 is 1.06 bits per heavy atom. The van der Waals surface area contributed by atoms with E-state index < -0.39 is 0 Å². The van der Waals surface area contributed by atoms with Crippen LogP contribution in [0.4, 0.5) is 4.39 Å². The van der Waals surface area contributed by atoms with Gasteiger partial charge in [-0.15, -0.1) is 11.3 Å². The molecular weight excluding hydrogens is 245 g/mol. The molecule has 0 spiro atoms. The fourth-order valence-corrected chi connectivity index (χ4v) is 2.92. The Hall–Kier alpha value is -1.19. The van der Waals surface area contributed by atoms with E-state index in [0.29, 0.717) is 0 Å². The zero-order valence-electron chi connectivity index (χ0n) is 11.0. The first-order valence-electron chi connectivity index (χ1n) is 6.07. The average molecular weight is 263 g/mol. The molecule has 1 aromatic carbocycles. The number of rotatable bonds is 4. The van der Waals surface area contributed by atoms with Crippen LogP contribution in [0.5, 0.6) is 0 Å². The second kappa shape index (κ2) is 5.63. The van der Waals surface area contributed by atoms with Crippen LogP contribution in [0.1, 0.15) is 27.1 Å². The molecule has 2 aromatic rings. The van der Waals surface area contributed by atoms with Gasteiger partial charge < -0.3 is 5.32 Å². The first-order valence-corrected chi connectivity index (χ1v) is 6.95. The molecule has 0 bridgehead atoms. The molecule has 0 fully saturated rings. The zero-order chi connectivity index (χ0) is 13.1. The van der Waals surface area contributed by atoms with Gasteiger partial charge in [-0.25, -0.2) is 4.39 Å². The Morgan fingerprint density at radius 3 is 2.28 bits per heavy atom. The molecule has 96 valence electrons. The normalized spacial score (nSPS) is 10.9. The lowest BCUT2D eigenvalue weighted by molar-refractivity contribution is 0.606. The van der Waals surface area contributed by atoms with Crippen LogP contribution in [0.2, 0.25) is 0 Å². The summed E-state index contributed by atoms with van der Waals surface area (Å²) in [4.78, 5) is 1.37. The molecule has 0 aliphatic rings. The first kappa shape index (κ1) is 13.2. The molecule has 1 aromatic heterocycles. The van der Waals surface area contributed by atoms with Crippen LogP contribution in [0, 0.1) is 26.6 Å². The number of aryl methyl sites for hydroxylation is 3. The Labute approximate surface area is 112 Å². The van der Waals surface area contributed by atoms with Crippen molar-refractivity contribution in [2.45, 2.75) is 33.9 Å². The van der Waals surface area contributed by atoms with E-state index >= 15 is 0 Å². The van der Waals surface area contributed by atoms with Gasteiger partial charge in [-0.2, -0.15) is 0 Å². The molecule has 0 aliphatic heterocycles. The highest BCUT2D eigenvalue weighted by molar-refractivity contribution is 7.10. The summed E-state index contributed by atoms with van der Waals surface area (Å²) in [5, 5.41) is 5.52. The van der Waals surface area contributed by atoms with E-state index in [4.69, 9.17) is 0 Å². The standard InChI is InChI=1S/C15H18FNS/c1-10-4-5-18-14(10)9-17-8-13-6-11(2)15(16)12(3)7-13/h4-7,17H,8-9H2,1-3H3. The summed E-state index contributed by atoms with van der Waals surface area (Å²) in [5.74, 6) is -0.0900. The predicted octanol–water partition coefficient (Wildman–Crippen LogP) is 4.10. The smallest absolute Gasteiger partial charge is 0.129 e. The molecule has 1 nitrogen and oxygen atoms in total. The van der Waals surface area contributed by atoms with Gasteiger partial charge in [0.25, 0.3) is 0 Å². The van der Waals surface area contributed by atoms with Gasteiger partial charge in [0, 0.05) is 18.0 Å². The minimum absolute atomic E-state index is 0.0900. The van der Waals surface area contributed by atoms with Crippen molar-refractivity contribution in [3.05, 3.63) is 56.5 Å². The molecule has 3 heteroatoms. The number of halogens is 1. The van der Waals surface area contributed by atoms with Crippen molar-refractivity contribution in [2.75, 3.05) is 0 Å². The number of hydrogen-bond acceptors (Lipinski definition) is 2. The number of nitrogens with one attached hydrogen (secondary N) is 1. The molecule has 1 heterocycles. The number of benzene rings is 1. The summed E-state index contributed by atoms with van der Waals surface area (Å²) < 4.78 is 13.5. The maximum absolute atomic E-state index is 13.5. The molecule has 0 atom stereocenters. The van der Waals surface area contributed by atoms with E-state index in [1.165, 1.54) is 10.4 Å². The third-order valence-electron chi connectivity index (χ3n) is 3.08. The SMILES string of the molecule is Cc1ccsc1CNCc1cc(C)c(F)c(C)c1. The van der Waals surface area contributed by atoms with Crippen molar-refractivity contribution in [1.29, 1.82) is 0 Å². The van der Waals surface area contributed by atoms with Crippen molar-refractivity contribution in [3.63, 3.8) is 0 Å². The van der Waals surface area contributed by atoms with E-state index in [1.54, 1.807) is 11.3 Å². The Morgan fingerprint density at radius 2 is 1.72 bits per heavy atom. The first-order chi connectivity index (χ1) is 8.58. The van der Waals surface area contributed by atoms with Crippen molar-refractivity contribution in [2.24, 2.45) is 0 Å². The van der Waals surface area contributed by atoms with Gasteiger partial charge in [-0.05, 0) is 54.5 Å². The Kier molecular flexibility index (Phi) is 4.15. The van der Waals surface area contributed by atoms with Crippen LogP contribution in [0.15, 0.2) is 23.6 Å². The third kappa shape index (κ3) is 2.98. The maximum Gasteiger partial charge on any atom is 0.129 e. The fourth-order valence-electron chi connectivity index (χ4n) is 2.04. The molecular formula is C15H18FNS. The van der Waals surface area contributed by atoms with Crippen LogP contribution in [-0.4, -0.2) is 0 Å². The molecule has 0 saturated carbocycles. The van der Waals surface area contributed by atoms with Gasteiger partial charge in [0.1, 0.15) is 5.82 Å². The van der Waals surface area contributed by atoms with E-state index in [9.17, 15) is 4.39 Å². The van der Waals surface area contributed by atoms with Crippen molar-refractivity contribution in [1.82, 2.24) is 5.32 Å². The van der Waals surface area contributed by atoms with Crippen molar-refractivity contribution < 1.29 is 4.39 Å². The Bertz CT molecular complexity index is 522. The monoisotopic (exact) mass is 263 g/mol. The van der Waals surface area contributed by atoms with E-state index in [-0.39, 0.29) is 5.82 Å². The highest BCUT2D eigenvalue weighted by Crippen LogP contribution is 2.17. The minimum Gasteiger partial charge on any atom is -0.308 e. The largest absolute Gasteiger partial charge is 0.308 e. The summed E-state index contributed by atoms with van der Waals surface area (Å²) in [5.41, 5.74) is 3.91. The topological polar surface area (TPSA) is 12.0 Å². The van der Waals surface area contributed by atoms with E-state index in [1.807, 2.05) is 26.0 Å².